The first-order chi connectivity index (χ1) is 12.2. The number of methoxy groups -OCH3 is 1. The van der Waals surface area contributed by atoms with E-state index in [0.29, 0.717) is 22.8 Å². The van der Waals surface area contributed by atoms with Gasteiger partial charge in [0.15, 0.2) is 11.5 Å². The van der Waals surface area contributed by atoms with E-state index in [9.17, 15) is 9.59 Å². The second-order valence-corrected chi connectivity index (χ2v) is 6.28. The molecule has 7 heteroatoms. The van der Waals surface area contributed by atoms with Crippen LogP contribution in [-0.2, 0) is 15.3 Å². The Kier molecular flexibility index (Phi) is 5.45. The Balaban J connectivity index is 1.46. The predicted molar refractivity (Wildman–Crippen MR) is 95.1 cm³/mol. The van der Waals surface area contributed by atoms with Gasteiger partial charge >= 0.3 is 5.97 Å². The summed E-state index contributed by atoms with van der Waals surface area (Å²) in [5.41, 5.74) is 2.16. The highest BCUT2D eigenvalue weighted by Gasteiger charge is 2.13. The fourth-order valence-corrected chi connectivity index (χ4v) is 3.07. The molecule has 0 fully saturated rings. The van der Waals surface area contributed by atoms with E-state index < -0.39 is 5.97 Å². The summed E-state index contributed by atoms with van der Waals surface area (Å²) in [6, 6.07) is 12.3. The lowest BCUT2D eigenvalue weighted by Gasteiger charge is -2.06. The predicted octanol–water partition coefficient (Wildman–Crippen LogP) is 3.07. The van der Waals surface area contributed by atoms with E-state index in [1.54, 1.807) is 24.3 Å². The topological polar surface area (TPSA) is 73.9 Å². The maximum Gasteiger partial charge on any atom is 0.337 e. The molecule has 0 bridgehead atoms. The SMILES string of the molecule is COC(=O)c1ccc(NC(=O)CSCc2ccc3c(c2)OCO3)cc1. The van der Waals surface area contributed by atoms with Gasteiger partial charge in [-0.3, -0.25) is 4.79 Å². The maximum atomic E-state index is 12.0. The Morgan fingerprint density at radius 1 is 1.12 bits per heavy atom. The number of amides is 1. The van der Waals surface area contributed by atoms with Crippen molar-refractivity contribution in [1.82, 2.24) is 0 Å². The van der Waals surface area contributed by atoms with E-state index in [0.717, 1.165) is 17.1 Å². The van der Waals surface area contributed by atoms with Gasteiger partial charge in [0.1, 0.15) is 0 Å². The molecule has 0 aromatic heterocycles. The number of carbonyl (C=O) groups excluding carboxylic acids is 2. The Morgan fingerprint density at radius 3 is 2.64 bits per heavy atom. The monoisotopic (exact) mass is 359 g/mol. The van der Waals surface area contributed by atoms with Crippen LogP contribution >= 0.6 is 11.8 Å². The maximum absolute atomic E-state index is 12.0. The first-order valence-electron chi connectivity index (χ1n) is 7.60. The van der Waals surface area contributed by atoms with Crippen LogP contribution in [0.3, 0.4) is 0 Å². The molecule has 0 aliphatic carbocycles. The molecule has 1 N–H and O–H groups in total. The number of anilines is 1. The van der Waals surface area contributed by atoms with Crippen LogP contribution in [0, 0.1) is 0 Å². The molecule has 6 nitrogen and oxygen atoms in total. The number of benzene rings is 2. The molecule has 0 saturated carbocycles. The molecule has 1 heterocycles. The van der Waals surface area contributed by atoms with Gasteiger partial charge in [-0.2, -0.15) is 0 Å². The number of fused-ring (bicyclic) bond motifs is 1. The third-order valence-corrected chi connectivity index (χ3v) is 4.53. The molecule has 1 aliphatic rings. The van der Waals surface area contributed by atoms with Crippen LogP contribution in [0.25, 0.3) is 0 Å². The molecule has 0 unspecified atom stereocenters. The minimum atomic E-state index is -0.405. The number of esters is 1. The van der Waals surface area contributed by atoms with Crippen LogP contribution in [-0.4, -0.2) is 31.5 Å². The normalized spacial score (nSPS) is 11.9. The van der Waals surface area contributed by atoms with Crippen LogP contribution in [0.15, 0.2) is 42.5 Å². The molecular weight excluding hydrogens is 342 g/mol. The van der Waals surface area contributed by atoms with E-state index in [-0.39, 0.29) is 12.7 Å². The molecule has 2 aromatic rings. The average Bonchev–Trinajstić information content (AvgIpc) is 3.09. The van der Waals surface area contributed by atoms with Gasteiger partial charge in [-0.25, -0.2) is 4.79 Å². The lowest BCUT2D eigenvalue weighted by atomic mass is 10.2. The zero-order chi connectivity index (χ0) is 17.6. The summed E-state index contributed by atoms with van der Waals surface area (Å²) in [6.45, 7) is 0.253. The van der Waals surface area contributed by atoms with Gasteiger partial charge in [-0.15, -0.1) is 11.8 Å². The van der Waals surface area contributed by atoms with E-state index in [1.165, 1.54) is 18.9 Å². The van der Waals surface area contributed by atoms with E-state index >= 15 is 0 Å². The zero-order valence-electron chi connectivity index (χ0n) is 13.6. The van der Waals surface area contributed by atoms with Crippen molar-refractivity contribution >= 4 is 29.3 Å². The Labute approximate surface area is 149 Å². The molecule has 1 aliphatic heterocycles. The summed E-state index contributed by atoms with van der Waals surface area (Å²) in [4.78, 5) is 23.4. The molecule has 0 saturated heterocycles. The quantitative estimate of drug-likeness (QED) is 0.799. The molecule has 0 radical (unpaired) electrons. The third-order valence-electron chi connectivity index (χ3n) is 3.53. The van der Waals surface area contributed by atoms with Gasteiger partial charge in [0.25, 0.3) is 0 Å². The molecule has 130 valence electrons. The van der Waals surface area contributed by atoms with E-state index in [1.807, 2.05) is 18.2 Å². The molecule has 25 heavy (non-hydrogen) atoms. The molecule has 3 rings (SSSR count). The molecule has 1 amide bonds. The fraction of sp³-hybridized carbons (Fsp3) is 0.222. The Bertz CT molecular complexity index is 776. The summed E-state index contributed by atoms with van der Waals surface area (Å²) < 4.78 is 15.2. The second kappa shape index (κ2) is 7.94. The van der Waals surface area contributed by atoms with Crippen molar-refractivity contribution < 1.29 is 23.8 Å². The summed E-state index contributed by atoms with van der Waals surface area (Å²) >= 11 is 1.51. The molecule has 0 atom stereocenters. The largest absolute Gasteiger partial charge is 0.465 e. The van der Waals surface area contributed by atoms with Gasteiger partial charge in [0, 0.05) is 11.4 Å². The van der Waals surface area contributed by atoms with Crippen LogP contribution in [0.4, 0.5) is 5.69 Å². The summed E-state index contributed by atoms with van der Waals surface area (Å²) in [7, 11) is 1.33. The fourth-order valence-electron chi connectivity index (χ4n) is 2.30. The number of thioether (sulfide) groups is 1. The van der Waals surface area contributed by atoms with Gasteiger partial charge in [0.2, 0.25) is 12.7 Å². The first-order valence-corrected chi connectivity index (χ1v) is 8.75. The van der Waals surface area contributed by atoms with Crippen LogP contribution in [0.2, 0.25) is 0 Å². The number of hydrogen-bond donors (Lipinski definition) is 1. The third kappa shape index (κ3) is 4.45. The zero-order valence-corrected chi connectivity index (χ0v) is 14.4. The number of carbonyl (C=O) groups is 2. The van der Waals surface area contributed by atoms with E-state index in [2.05, 4.69) is 10.1 Å². The first kappa shape index (κ1) is 17.2. The van der Waals surface area contributed by atoms with E-state index in [4.69, 9.17) is 9.47 Å². The number of ether oxygens (including phenoxy) is 3. The smallest absolute Gasteiger partial charge is 0.337 e. The number of rotatable bonds is 6. The van der Waals surface area contributed by atoms with Crippen molar-refractivity contribution in [3.8, 4) is 11.5 Å². The van der Waals surface area contributed by atoms with Gasteiger partial charge in [-0.1, -0.05) is 6.07 Å². The second-order valence-electron chi connectivity index (χ2n) is 5.30. The Hall–Kier alpha value is -2.67. The summed E-state index contributed by atoms with van der Waals surface area (Å²) in [6.07, 6.45) is 0. The standard InChI is InChI=1S/C18H17NO5S/c1-22-18(21)13-3-5-14(6-4-13)19-17(20)10-25-9-12-2-7-15-16(8-12)24-11-23-15/h2-8H,9-11H2,1H3,(H,19,20). The van der Waals surface area contributed by atoms with Crippen molar-refractivity contribution in [2.45, 2.75) is 5.75 Å². The summed E-state index contributed by atoms with van der Waals surface area (Å²) in [5, 5.41) is 2.80. The molecule has 2 aromatic carbocycles. The van der Waals surface area contributed by atoms with Crippen molar-refractivity contribution in [3.63, 3.8) is 0 Å². The highest BCUT2D eigenvalue weighted by Crippen LogP contribution is 2.33. The number of hydrogen-bond acceptors (Lipinski definition) is 6. The molecule has 0 spiro atoms. The van der Waals surface area contributed by atoms with Crippen LogP contribution in [0.1, 0.15) is 15.9 Å². The number of nitrogens with one attached hydrogen (secondary N) is 1. The lowest BCUT2D eigenvalue weighted by molar-refractivity contribution is -0.113. The minimum Gasteiger partial charge on any atom is -0.465 e. The van der Waals surface area contributed by atoms with Gasteiger partial charge in [-0.05, 0) is 42.0 Å². The van der Waals surface area contributed by atoms with Crippen molar-refractivity contribution in [1.29, 1.82) is 0 Å². The van der Waals surface area contributed by atoms with Crippen molar-refractivity contribution in [3.05, 3.63) is 53.6 Å². The average molecular weight is 359 g/mol. The van der Waals surface area contributed by atoms with Crippen molar-refractivity contribution in [2.75, 3.05) is 25.0 Å². The minimum absolute atomic E-state index is 0.100. The van der Waals surface area contributed by atoms with Crippen LogP contribution < -0.4 is 14.8 Å². The van der Waals surface area contributed by atoms with Gasteiger partial charge in [0.05, 0.1) is 18.4 Å². The highest BCUT2D eigenvalue weighted by molar-refractivity contribution is 7.99. The molecular formula is C18H17NO5S. The lowest BCUT2D eigenvalue weighted by Crippen LogP contribution is -2.14. The van der Waals surface area contributed by atoms with Crippen molar-refractivity contribution in [2.24, 2.45) is 0 Å². The van der Waals surface area contributed by atoms with Crippen LogP contribution in [0.5, 0.6) is 11.5 Å². The highest BCUT2D eigenvalue weighted by atomic mass is 32.2. The Morgan fingerprint density at radius 2 is 1.88 bits per heavy atom. The summed E-state index contributed by atoms with van der Waals surface area (Å²) in [5.74, 6) is 2.02. The van der Waals surface area contributed by atoms with Gasteiger partial charge < -0.3 is 19.5 Å².